The fourth-order valence-corrected chi connectivity index (χ4v) is 4.35. The number of benzene rings is 3. The van der Waals surface area contributed by atoms with E-state index in [9.17, 15) is 26.7 Å². The summed E-state index contributed by atoms with van der Waals surface area (Å²) in [5.41, 5.74) is 0.354. The Hall–Kier alpha value is -3.08. The topological polar surface area (TPSA) is 44.1 Å². The van der Waals surface area contributed by atoms with Gasteiger partial charge in [0.1, 0.15) is 0 Å². The molecule has 4 nitrogen and oxygen atoms in total. The summed E-state index contributed by atoms with van der Waals surface area (Å²) in [6.45, 7) is 1.41. The first-order valence-corrected chi connectivity index (χ1v) is 11.2. The van der Waals surface area contributed by atoms with Gasteiger partial charge in [-0.1, -0.05) is 53.2 Å². The normalized spacial score (nSPS) is 11.1. The number of hydrogen-bond donors (Lipinski definition) is 0. The van der Waals surface area contributed by atoms with Gasteiger partial charge in [0.15, 0.2) is 23.3 Å². The third kappa shape index (κ3) is 4.73. The zero-order valence-corrected chi connectivity index (χ0v) is 19.7. The predicted octanol–water partition coefficient (Wildman–Crippen LogP) is 7.55. The molecule has 0 N–H and O–H groups in total. The minimum absolute atomic E-state index is 0.0101. The van der Waals surface area contributed by atoms with Gasteiger partial charge in [0.05, 0.1) is 31.8 Å². The fourth-order valence-electron chi connectivity index (χ4n) is 3.02. The van der Waals surface area contributed by atoms with Crippen LogP contribution in [-0.2, 0) is 0 Å². The van der Waals surface area contributed by atoms with Crippen LogP contribution in [0.3, 0.4) is 0 Å². The number of carbonyl (C=O) groups excluding carboxylic acids is 1. The lowest BCUT2D eigenvalue weighted by molar-refractivity contribution is 0.0718. The second-order valence-corrected chi connectivity index (χ2v) is 8.85. The summed E-state index contributed by atoms with van der Waals surface area (Å²) < 4.78 is 76.5. The van der Waals surface area contributed by atoms with E-state index in [1.807, 2.05) is 0 Å². The Morgan fingerprint density at radius 1 is 0.886 bits per heavy atom. The van der Waals surface area contributed by atoms with E-state index in [4.69, 9.17) is 27.9 Å². The van der Waals surface area contributed by atoms with Gasteiger partial charge in [0.2, 0.25) is 11.7 Å². The maximum absolute atomic E-state index is 14.4. The highest BCUT2D eigenvalue weighted by Crippen LogP contribution is 2.43. The Balaban J connectivity index is 1.87. The molecule has 1 aromatic heterocycles. The molecule has 4 rings (SSSR count). The van der Waals surface area contributed by atoms with Crippen LogP contribution in [0.1, 0.15) is 16.1 Å². The van der Waals surface area contributed by atoms with E-state index in [0.29, 0.717) is 5.69 Å². The highest BCUT2D eigenvalue weighted by Gasteiger charge is 2.30. The van der Waals surface area contributed by atoms with Gasteiger partial charge < -0.3 is 4.74 Å². The van der Waals surface area contributed by atoms with Gasteiger partial charge in [0, 0.05) is 5.02 Å². The number of hydrogen-bond acceptors (Lipinski definition) is 4. The van der Waals surface area contributed by atoms with Crippen molar-refractivity contribution in [1.82, 2.24) is 9.78 Å². The quantitative estimate of drug-likeness (QED) is 0.112. The molecule has 0 saturated heterocycles. The second kappa shape index (κ2) is 9.88. The molecule has 1 heterocycles. The number of esters is 1. The van der Waals surface area contributed by atoms with Crippen molar-refractivity contribution in [2.45, 2.75) is 16.7 Å². The largest absolute Gasteiger partial charge is 0.402 e. The summed E-state index contributed by atoms with van der Waals surface area (Å²) in [4.78, 5) is 11.6. The summed E-state index contributed by atoms with van der Waals surface area (Å²) in [6, 6.07) is 12.3. The lowest BCUT2D eigenvalue weighted by Crippen LogP contribution is -2.13. The van der Waals surface area contributed by atoms with Gasteiger partial charge in [0.25, 0.3) is 0 Å². The number of para-hydroxylation sites is 1. The van der Waals surface area contributed by atoms with E-state index in [1.54, 1.807) is 30.3 Å². The number of nitrogens with zero attached hydrogens (tertiary/aromatic N) is 2. The minimum atomic E-state index is -2.29. The van der Waals surface area contributed by atoms with Crippen LogP contribution in [0.25, 0.3) is 5.69 Å². The average molecular weight is 545 g/mol. The van der Waals surface area contributed by atoms with Crippen molar-refractivity contribution in [1.29, 1.82) is 0 Å². The lowest BCUT2D eigenvalue weighted by Gasteiger charge is -2.12. The summed E-state index contributed by atoms with van der Waals surface area (Å²) >= 11 is 12.2. The molecule has 3 aromatic carbocycles. The van der Waals surface area contributed by atoms with Crippen LogP contribution in [0.5, 0.6) is 5.88 Å². The van der Waals surface area contributed by atoms with Gasteiger partial charge >= 0.3 is 5.97 Å². The Kier molecular flexibility index (Phi) is 7.07. The molecule has 0 fully saturated rings. The van der Waals surface area contributed by atoms with Crippen LogP contribution < -0.4 is 4.74 Å². The molecule has 0 atom stereocenters. The standard InChI is InChI=1S/C23H11Cl2F5N2O2S/c1-10-20(35-21-18(29)16(27)15(26)17(28)19(21)30)22(32(31-10)12-5-3-2-4-6-12)34-23(33)13-9-11(24)7-8-14(13)25/h2-9H,1H3. The molecule has 0 unspecified atom stereocenters. The van der Waals surface area contributed by atoms with Crippen molar-refractivity contribution >= 4 is 40.9 Å². The van der Waals surface area contributed by atoms with Gasteiger partial charge in [-0.05, 0) is 37.3 Å². The van der Waals surface area contributed by atoms with Crippen molar-refractivity contribution in [2.24, 2.45) is 0 Å². The van der Waals surface area contributed by atoms with E-state index in [-0.39, 0.29) is 43.8 Å². The highest BCUT2D eigenvalue weighted by molar-refractivity contribution is 7.99. The molecule has 0 saturated carbocycles. The number of rotatable bonds is 5. The van der Waals surface area contributed by atoms with Crippen molar-refractivity contribution in [2.75, 3.05) is 0 Å². The number of ether oxygens (including phenoxy) is 1. The zero-order valence-electron chi connectivity index (χ0n) is 17.4. The SMILES string of the molecule is Cc1nn(-c2ccccc2)c(OC(=O)c2cc(Cl)ccc2Cl)c1Sc1c(F)c(F)c(F)c(F)c1F. The molecule has 0 aliphatic heterocycles. The maximum atomic E-state index is 14.4. The number of aromatic nitrogens is 2. The highest BCUT2D eigenvalue weighted by atomic mass is 35.5. The minimum Gasteiger partial charge on any atom is -0.402 e. The third-order valence-corrected chi connectivity index (χ3v) is 6.48. The molecule has 35 heavy (non-hydrogen) atoms. The van der Waals surface area contributed by atoms with Crippen LogP contribution in [0.15, 0.2) is 58.3 Å². The first-order chi connectivity index (χ1) is 16.6. The molecule has 180 valence electrons. The summed E-state index contributed by atoms with van der Waals surface area (Å²) in [5, 5.41) is 4.43. The van der Waals surface area contributed by atoms with Crippen molar-refractivity contribution in [3.8, 4) is 11.6 Å². The molecule has 0 spiro atoms. The van der Waals surface area contributed by atoms with Crippen molar-refractivity contribution in [3.63, 3.8) is 0 Å². The molecule has 0 aliphatic rings. The van der Waals surface area contributed by atoms with E-state index in [0.717, 1.165) is 4.68 Å². The second-order valence-electron chi connectivity index (χ2n) is 6.98. The Bertz CT molecular complexity index is 1440. The molecule has 4 aromatic rings. The molecular weight excluding hydrogens is 534 g/mol. The molecule has 12 heteroatoms. The van der Waals surface area contributed by atoms with Crippen LogP contribution >= 0.6 is 35.0 Å². The van der Waals surface area contributed by atoms with Crippen LogP contribution in [-0.4, -0.2) is 15.7 Å². The van der Waals surface area contributed by atoms with E-state index >= 15 is 0 Å². The summed E-state index contributed by atoms with van der Waals surface area (Å²) in [5.74, 6) is -11.9. The number of halogens is 7. The molecule has 0 amide bonds. The predicted molar refractivity (Wildman–Crippen MR) is 120 cm³/mol. The lowest BCUT2D eigenvalue weighted by atomic mass is 10.2. The molecular formula is C23H11Cl2F5N2O2S. The molecule has 0 radical (unpaired) electrons. The first-order valence-electron chi connectivity index (χ1n) is 9.61. The van der Waals surface area contributed by atoms with Gasteiger partial charge in [-0.2, -0.15) is 9.78 Å². The smallest absolute Gasteiger partial charge is 0.346 e. The number of carbonyl (C=O) groups is 1. The average Bonchev–Trinajstić information content (AvgIpc) is 3.15. The van der Waals surface area contributed by atoms with E-state index in [2.05, 4.69) is 5.10 Å². The van der Waals surface area contributed by atoms with Gasteiger partial charge in [-0.15, -0.1) is 0 Å². The Morgan fingerprint density at radius 2 is 1.49 bits per heavy atom. The van der Waals surface area contributed by atoms with Crippen LogP contribution in [0.4, 0.5) is 22.0 Å². The van der Waals surface area contributed by atoms with E-state index in [1.165, 1.54) is 25.1 Å². The van der Waals surface area contributed by atoms with Crippen LogP contribution in [0, 0.1) is 36.0 Å². The van der Waals surface area contributed by atoms with Crippen molar-refractivity contribution in [3.05, 3.63) is 98.9 Å². The third-order valence-electron chi connectivity index (χ3n) is 4.68. The van der Waals surface area contributed by atoms with Crippen molar-refractivity contribution < 1.29 is 31.5 Å². The maximum Gasteiger partial charge on any atom is 0.346 e. The van der Waals surface area contributed by atoms with Gasteiger partial charge in [-0.3, -0.25) is 0 Å². The Labute approximate surface area is 209 Å². The van der Waals surface area contributed by atoms with Crippen LogP contribution in [0.2, 0.25) is 10.0 Å². The van der Waals surface area contributed by atoms with Gasteiger partial charge in [-0.25, -0.2) is 26.7 Å². The number of aryl methyl sites for hydroxylation is 1. The van der Waals surface area contributed by atoms with E-state index < -0.39 is 40.0 Å². The summed E-state index contributed by atoms with van der Waals surface area (Å²) in [6.07, 6.45) is 0. The first kappa shape index (κ1) is 25.0. The Morgan fingerprint density at radius 3 is 2.11 bits per heavy atom. The fraction of sp³-hybridized carbons (Fsp3) is 0.0435. The monoisotopic (exact) mass is 544 g/mol. The molecule has 0 aliphatic carbocycles. The zero-order chi connectivity index (χ0) is 25.4. The summed E-state index contributed by atoms with van der Waals surface area (Å²) in [7, 11) is 0. The molecule has 0 bridgehead atoms.